The van der Waals surface area contributed by atoms with E-state index in [0.29, 0.717) is 19.0 Å². The second-order valence-electron chi connectivity index (χ2n) is 5.80. The molecule has 1 fully saturated rings. The van der Waals surface area contributed by atoms with E-state index in [0.717, 1.165) is 30.0 Å². The molecule has 1 aliphatic heterocycles. The van der Waals surface area contributed by atoms with Gasteiger partial charge in [0.1, 0.15) is 0 Å². The molecule has 132 valence electrons. The summed E-state index contributed by atoms with van der Waals surface area (Å²) in [5, 5.41) is 7.12. The van der Waals surface area contributed by atoms with Gasteiger partial charge in [-0.3, -0.25) is 4.79 Å². The molecule has 4 nitrogen and oxygen atoms in total. The van der Waals surface area contributed by atoms with Crippen molar-refractivity contribution in [2.45, 2.75) is 31.3 Å². The average Bonchev–Trinajstić information content (AvgIpc) is 2.93. The number of rotatable bonds is 6. The van der Waals surface area contributed by atoms with Crippen LogP contribution in [0.1, 0.15) is 30.9 Å². The largest absolute Gasteiger partial charge is 0.354 e. The molecule has 2 N–H and O–H groups in total. The third-order valence-electron chi connectivity index (χ3n) is 3.97. The first kappa shape index (κ1) is 22.5. The number of nitrogens with one attached hydrogen (secondary N) is 2. The van der Waals surface area contributed by atoms with Crippen LogP contribution in [0.5, 0.6) is 0 Å². The van der Waals surface area contributed by atoms with Crippen LogP contribution in [0.2, 0.25) is 5.02 Å². The van der Waals surface area contributed by atoms with Crippen molar-refractivity contribution >= 4 is 42.3 Å². The Morgan fingerprint density at radius 3 is 2.65 bits per heavy atom. The highest BCUT2D eigenvalue weighted by Gasteiger charge is 2.20. The predicted molar refractivity (Wildman–Crippen MR) is 101 cm³/mol. The Morgan fingerprint density at radius 2 is 2.09 bits per heavy atom. The molecule has 0 aliphatic carbocycles. The first-order chi connectivity index (χ1) is 10.1. The van der Waals surface area contributed by atoms with Gasteiger partial charge in [0, 0.05) is 24.0 Å². The zero-order valence-corrected chi connectivity index (χ0v) is 15.9. The molecule has 0 saturated carbocycles. The number of benzene rings is 1. The summed E-state index contributed by atoms with van der Waals surface area (Å²) in [6.45, 7) is 1.60. The first-order valence-electron chi connectivity index (χ1n) is 7.49. The minimum Gasteiger partial charge on any atom is -0.354 e. The zero-order valence-electron chi connectivity index (χ0n) is 13.5. The molecule has 1 amide bonds. The number of nitrogens with zero attached hydrogens (tertiary/aromatic N) is 1. The standard InChI is InChI=1S/C16H24ClN3O.2ClH/c1-20(2)15(13-7-3-4-8-14(13)17)11-19-16(21)10-12-6-5-9-18-12;;/h3-4,7-8,12,15,18H,5-6,9-11H2,1-2H3,(H,19,21);2*1H. The molecule has 2 rings (SSSR count). The minimum atomic E-state index is 0. The molecular weight excluding hydrogens is 357 g/mol. The van der Waals surface area contributed by atoms with Crippen LogP contribution in [0, 0.1) is 0 Å². The topological polar surface area (TPSA) is 44.4 Å². The fraction of sp³-hybridized carbons (Fsp3) is 0.562. The van der Waals surface area contributed by atoms with Crippen LogP contribution in [0.25, 0.3) is 0 Å². The average molecular weight is 383 g/mol. The third-order valence-corrected chi connectivity index (χ3v) is 4.32. The fourth-order valence-electron chi connectivity index (χ4n) is 2.75. The summed E-state index contributed by atoms with van der Waals surface area (Å²) in [5.41, 5.74) is 1.04. The number of hydrogen-bond donors (Lipinski definition) is 2. The van der Waals surface area contributed by atoms with Crippen molar-refractivity contribution in [1.82, 2.24) is 15.5 Å². The Bertz CT molecular complexity index is 479. The summed E-state index contributed by atoms with van der Waals surface area (Å²) >= 11 is 6.27. The monoisotopic (exact) mass is 381 g/mol. The Morgan fingerprint density at radius 1 is 1.39 bits per heavy atom. The molecule has 2 unspecified atom stereocenters. The van der Waals surface area contributed by atoms with Crippen molar-refractivity contribution in [3.63, 3.8) is 0 Å². The van der Waals surface area contributed by atoms with Crippen molar-refractivity contribution in [2.24, 2.45) is 0 Å². The maximum atomic E-state index is 12.0. The van der Waals surface area contributed by atoms with Crippen LogP contribution in [-0.2, 0) is 4.79 Å². The van der Waals surface area contributed by atoms with Gasteiger partial charge in [0.2, 0.25) is 5.91 Å². The molecule has 1 aliphatic rings. The van der Waals surface area contributed by atoms with E-state index in [2.05, 4.69) is 15.5 Å². The van der Waals surface area contributed by atoms with Gasteiger partial charge in [-0.2, -0.15) is 0 Å². The van der Waals surface area contributed by atoms with Gasteiger partial charge in [-0.1, -0.05) is 29.8 Å². The lowest BCUT2D eigenvalue weighted by molar-refractivity contribution is -0.121. The lowest BCUT2D eigenvalue weighted by Crippen LogP contribution is -2.37. The van der Waals surface area contributed by atoms with E-state index in [9.17, 15) is 4.79 Å². The van der Waals surface area contributed by atoms with Gasteiger partial charge in [0.05, 0.1) is 6.04 Å². The van der Waals surface area contributed by atoms with Gasteiger partial charge >= 0.3 is 0 Å². The van der Waals surface area contributed by atoms with E-state index in [-0.39, 0.29) is 36.8 Å². The molecule has 7 heteroatoms. The number of likely N-dealkylation sites (N-methyl/N-ethyl adjacent to an activating group) is 1. The van der Waals surface area contributed by atoms with Crippen LogP contribution in [0.3, 0.4) is 0 Å². The zero-order chi connectivity index (χ0) is 15.2. The van der Waals surface area contributed by atoms with Gasteiger partial charge in [-0.15, -0.1) is 24.8 Å². The highest BCUT2D eigenvalue weighted by atomic mass is 35.5. The predicted octanol–water partition coefficient (Wildman–Crippen LogP) is 3.04. The number of halogens is 3. The first-order valence-corrected chi connectivity index (χ1v) is 7.86. The van der Waals surface area contributed by atoms with Crippen LogP contribution in [0.15, 0.2) is 24.3 Å². The normalized spacial score (nSPS) is 18.0. The van der Waals surface area contributed by atoms with E-state index in [1.165, 1.54) is 0 Å². The van der Waals surface area contributed by atoms with Crippen LogP contribution < -0.4 is 10.6 Å². The fourth-order valence-corrected chi connectivity index (χ4v) is 3.02. The molecule has 0 bridgehead atoms. The summed E-state index contributed by atoms with van der Waals surface area (Å²) in [6, 6.07) is 8.21. The van der Waals surface area contributed by atoms with Crippen molar-refractivity contribution in [2.75, 3.05) is 27.2 Å². The molecule has 2 atom stereocenters. The van der Waals surface area contributed by atoms with Gasteiger partial charge < -0.3 is 15.5 Å². The summed E-state index contributed by atoms with van der Waals surface area (Å²) in [4.78, 5) is 14.1. The lowest BCUT2D eigenvalue weighted by atomic mass is 10.1. The molecule has 1 saturated heterocycles. The quantitative estimate of drug-likeness (QED) is 0.795. The molecule has 0 aromatic heterocycles. The summed E-state index contributed by atoms with van der Waals surface area (Å²) < 4.78 is 0. The molecular formula is C16H26Cl3N3O. The second-order valence-corrected chi connectivity index (χ2v) is 6.21. The summed E-state index contributed by atoms with van der Waals surface area (Å²) in [6.07, 6.45) is 2.82. The van der Waals surface area contributed by atoms with Crippen molar-refractivity contribution in [3.8, 4) is 0 Å². The number of hydrogen-bond acceptors (Lipinski definition) is 3. The van der Waals surface area contributed by atoms with E-state index in [1.54, 1.807) is 0 Å². The summed E-state index contributed by atoms with van der Waals surface area (Å²) in [7, 11) is 4.00. The van der Waals surface area contributed by atoms with Crippen molar-refractivity contribution in [3.05, 3.63) is 34.9 Å². The highest BCUT2D eigenvalue weighted by Crippen LogP contribution is 2.25. The van der Waals surface area contributed by atoms with E-state index in [1.807, 2.05) is 38.4 Å². The summed E-state index contributed by atoms with van der Waals surface area (Å²) in [5.74, 6) is 0.105. The number of carbonyl (C=O) groups is 1. The second kappa shape index (κ2) is 11.1. The van der Waals surface area contributed by atoms with Crippen molar-refractivity contribution < 1.29 is 4.79 Å². The lowest BCUT2D eigenvalue weighted by Gasteiger charge is -2.26. The molecule has 1 heterocycles. The van der Waals surface area contributed by atoms with Crippen LogP contribution in [-0.4, -0.2) is 44.0 Å². The van der Waals surface area contributed by atoms with E-state index >= 15 is 0 Å². The van der Waals surface area contributed by atoms with E-state index < -0.39 is 0 Å². The highest BCUT2D eigenvalue weighted by molar-refractivity contribution is 6.31. The van der Waals surface area contributed by atoms with Gasteiger partial charge in [-0.05, 0) is 45.1 Å². The Kier molecular flexibility index (Phi) is 10.9. The SMILES string of the molecule is CN(C)C(CNC(=O)CC1CCCN1)c1ccccc1Cl.Cl.Cl. The molecule has 1 aromatic carbocycles. The van der Waals surface area contributed by atoms with Crippen LogP contribution in [0.4, 0.5) is 0 Å². The van der Waals surface area contributed by atoms with E-state index in [4.69, 9.17) is 11.6 Å². The number of carbonyl (C=O) groups excluding carboxylic acids is 1. The molecule has 23 heavy (non-hydrogen) atoms. The molecule has 1 aromatic rings. The molecule has 0 spiro atoms. The Labute approximate surface area is 156 Å². The number of amides is 1. The molecule has 0 radical (unpaired) electrons. The van der Waals surface area contributed by atoms with Gasteiger partial charge in [0.25, 0.3) is 0 Å². The van der Waals surface area contributed by atoms with Crippen molar-refractivity contribution in [1.29, 1.82) is 0 Å². The Hall–Kier alpha value is -0.520. The Balaban J connectivity index is 0.00000242. The third kappa shape index (κ3) is 6.86. The minimum absolute atomic E-state index is 0. The smallest absolute Gasteiger partial charge is 0.221 e. The van der Waals surface area contributed by atoms with Gasteiger partial charge in [-0.25, -0.2) is 0 Å². The maximum Gasteiger partial charge on any atom is 0.221 e. The van der Waals surface area contributed by atoms with Gasteiger partial charge in [0.15, 0.2) is 0 Å². The maximum absolute atomic E-state index is 12.0. The van der Waals surface area contributed by atoms with Crippen LogP contribution >= 0.6 is 36.4 Å².